The van der Waals surface area contributed by atoms with Gasteiger partial charge in [0.2, 0.25) is 0 Å². The maximum atomic E-state index is 12.0. The van der Waals surface area contributed by atoms with Gasteiger partial charge >= 0.3 is 0 Å². The average molecular weight is 409 g/mol. The molecule has 8 heteroatoms. The lowest BCUT2D eigenvalue weighted by atomic mass is 10.2. The Morgan fingerprint density at radius 1 is 0.821 bits per heavy atom. The molecule has 0 fully saturated rings. The molecule has 0 amide bonds. The minimum atomic E-state index is -3.74. The van der Waals surface area contributed by atoms with Crippen LogP contribution < -0.4 is 10.6 Å². The number of para-hydroxylation sites is 2. The van der Waals surface area contributed by atoms with Gasteiger partial charge in [-0.25, -0.2) is 0 Å². The van der Waals surface area contributed by atoms with Crippen molar-refractivity contribution in [3.05, 3.63) is 54.1 Å². The summed E-state index contributed by atoms with van der Waals surface area (Å²) in [5.41, 5.74) is 3.05. The second-order valence-electron chi connectivity index (χ2n) is 6.04. The van der Waals surface area contributed by atoms with E-state index in [1.54, 1.807) is 12.1 Å². The Labute approximate surface area is 167 Å². The van der Waals surface area contributed by atoms with Crippen LogP contribution in [0.5, 0.6) is 0 Å². The molecule has 0 aliphatic rings. The quantitative estimate of drug-likeness (QED) is 0.389. The Bertz CT molecular complexity index is 810. The summed E-state index contributed by atoms with van der Waals surface area (Å²) in [4.78, 5) is 0.147. The van der Waals surface area contributed by atoms with Crippen molar-refractivity contribution in [2.75, 3.05) is 57.3 Å². The second-order valence-corrected chi connectivity index (χ2v) is 7.65. The lowest BCUT2D eigenvalue weighted by Gasteiger charge is -2.11. The van der Waals surface area contributed by atoms with E-state index in [1.165, 1.54) is 12.1 Å². The summed E-state index contributed by atoms with van der Waals surface area (Å²) in [7, 11) is -1.86. The lowest BCUT2D eigenvalue weighted by molar-refractivity contribution is 0.0403. The Kier molecular flexibility index (Phi) is 9.22. The van der Waals surface area contributed by atoms with Gasteiger partial charge in [-0.3, -0.25) is 4.18 Å². The summed E-state index contributed by atoms with van der Waals surface area (Å²) in [5, 5.41) is 6.42. The number of ether oxygens (including phenoxy) is 2. The summed E-state index contributed by atoms with van der Waals surface area (Å²) >= 11 is 0. The molecule has 0 atom stereocenters. The second kappa shape index (κ2) is 11.7. The van der Waals surface area contributed by atoms with E-state index in [0.29, 0.717) is 26.4 Å². The Balaban J connectivity index is 1.51. The molecule has 2 aromatic carbocycles. The minimum Gasteiger partial charge on any atom is -0.386 e. The molecule has 0 aliphatic carbocycles. The zero-order valence-corrected chi connectivity index (χ0v) is 17.1. The first-order chi connectivity index (χ1) is 13.5. The average Bonchev–Trinajstić information content (AvgIpc) is 2.70. The van der Waals surface area contributed by atoms with Crippen LogP contribution in [0.15, 0.2) is 53.4 Å². The first-order valence-electron chi connectivity index (χ1n) is 9.15. The number of hydrogen-bond donors (Lipinski definition) is 2. The number of anilines is 2. The van der Waals surface area contributed by atoms with E-state index in [1.807, 2.05) is 38.2 Å². The third kappa shape index (κ3) is 7.47. The van der Waals surface area contributed by atoms with Crippen LogP contribution in [-0.4, -0.2) is 55.0 Å². The van der Waals surface area contributed by atoms with E-state index in [2.05, 4.69) is 10.6 Å². The lowest BCUT2D eigenvalue weighted by Crippen LogP contribution is -2.15. The van der Waals surface area contributed by atoms with Gasteiger partial charge in [0.05, 0.1) is 49.3 Å². The maximum absolute atomic E-state index is 12.0. The van der Waals surface area contributed by atoms with E-state index in [0.717, 1.165) is 16.9 Å². The Morgan fingerprint density at radius 2 is 1.43 bits per heavy atom. The number of nitrogens with one attached hydrogen (secondary N) is 2. The van der Waals surface area contributed by atoms with Gasteiger partial charge in [0, 0.05) is 13.6 Å². The van der Waals surface area contributed by atoms with Crippen LogP contribution in [0.4, 0.5) is 11.4 Å². The van der Waals surface area contributed by atoms with Crippen LogP contribution >= 0.6 is 0 Å². The van der Waals surface area contributed by atoms with Crippen molar-refractivity contribution >= 4 is 21.5 Å². The van der Waals surface area contributed by atoms with Crippen molar-refractivity contribution in [3.63, 3.8) is 0 Å². The maximum Gasteiger partial charge on any atom is 0.297 e. The van der Waals surface area contributed by atoms with Crippen LogP contribution in [0.25, 0.3) is 0 Å². The standard InChI is InChI=1S/C20H28N2O5S/c1-17-7-9-18(10-8-17)28(23,24)27-16-15-26-14-13-25-12-11-22-20-6-4-3-5-19(20)21-2/h3-10,21-22H,11-16H2,1-2H3. The topological polar surface area (TPSA) is 85.9 Å². The van der Waals surface area contributed by atoms with Gasteiger partial charge in [-0.15, -0.1) is 0 Å². The number of rotatable bonds is 13. The molecule has 0 aromatic heterocycles. The van der Waals surface area contributed by atoms with Crippen LogP contribution in [0.1, 0.15) is 5.56 Å². The Morgan fingerprint density at radius 3 is 2.11 bits per heavy atom. The predicted octanol–water partition coefficient (Wildman–Crippen LogP) is 2.89. The fourth-order valence-electron chi connectivity index (χ4n) is 2.41. The molecule has 0 saturated carbocycles. The molecule has 2 rings (SSSR count). The third-order valence-corrected chi connectivity index (χ3v) is 5.23. The van der Waals surface area contributed by atoms with E-state index >= 15 is 0 Å². The van der Waals surface area contributed by atoms with Crippen LogP contribution in [-0.2, 0) is 23.8 Å². The van der Waals surface area contributed by atoms with E-state index < -0.39 is 10.1 Å². The normalized spacial score (nSPS) is 11.4. The molecule has 154 valence electrons. The summed E-state index contributed by atoms with van der Waals surface area (Å²) in [6.07, 6.45) is 0. The van der Waals surface area contributed by atoms with Gasteiger partial charge in [-0.2, -0.15) is 8.42 Å². The molecule has 0 bridgehead atoms. The van der Waals surface area contributed by atoms with Crippen LogP contribution in [0, 0.1) is 6.92 Å². The van der Waals surface area contributed by atoms with Gasteiger partial charge in [-0.1, -0.05) is 29.8 Å². The third-order valence-electron chi connectivity index (χ3n) is 3.91. The molecule has 2 aromatic rings. The highest BCUT2D eigenvalue weighted by Gasteiger charge is 2.14. The molecule has 0 aliphatic heterocycles. The molecule has 0 radical (unpaired) electrons. The van der Waals surface area contributed by atoms with Crippen molar-refractivity contribution in [2.24, 2.45) is 0 Å². The monoisotopic (exact) mass is 408 g/mol. The van der Waals surface area contributed by atoms with Gasteiger partial charge < -0.3 is 20.1 Å². The van der Waals surface area contributed by atoms with Crippen molar-refractivity contribution in [1.29, 1.82) is 0 Å². The van der Waals surface area contributed by atoms with E-state index in [4.69, 9.17) is 13.7 Å². The first-order valence-corrected chi connectivity index (χ1v) is 10.6. The molecule has 2 N–H and O–H groups in total. The number of benzene rings is 2. The fraction of sp³-hybridized carbons (Fsp3) is 0.400. The van der Waals surface area contributed by atoms with Gasteiger partial charge in [0.25, 0.3) is 10.1 Å². The molecule has 0 heterocycles. The molecule has 0 spiro atoms. The highest BCUT2D eigenvalue weighted by molar-refractivity contribution is 7.86. The number of hydrogen-bond acceptors (Lipinski definition) is 7. The molecule has 0 saturated heterocycles. The largest absolute Gasteiger partial charge is 0.386 e. The zero-order valence-electron chi connectivity index (χ0n) is 16.3. The molecule has 7 nitrogen and oxygen atoms in total. The van der Waals surface area contributed by atoms with Crippen molar-refractivity contribution in [1.82, 2.24) is 0 Å². The van der Waals surface area contributed by atoms with Gasteiger partial charge in [0.1, 0.15) is 0 Å². The molecule has 0 unspecified atom stereocenters. The van der Waals surface area contributed by atoms with E-state index in [9.17, 15) is 8.42 Å². The van der Waals surface area contributed by atoms with Crippen molar-refractivity contribution in [3.8, 4) is 0 Å². The molecule has 28 heavy (non-hydrogen) atoms. The van der Waals surface area contributed by atoms with Gasteiger partial charge in [0.15, 0.2) is 0 Å². The van der Waals surface area contributed by atoms with Crippen molar-refractivity contribution in [2.45, 2.75) is 11.8 Å². The van der Waals surface area contributed by atoms with Crippen molar-refractivity contribution < 1.29 is 22.1 Å². The van der Waals surface area contributed by atoms with Gasteiger partial charge in [-0.05, 0) is 31.2 Å². The highest BCUT2D eigenvalue weighted by atomic mass is 32.2. The predicted molar refractivity (Wildman–Crippen MR) is 110 cm³/mol. The smallest absolute Gasteiger partial charge is 0.297 e. The number of aryl methyl sites for hydroxylation is 1. The minimum absolute atomic E-state index is 0.0292. The molecular formula is C20H28N2O5S. The highest BCUT2D eigenvalue weighted by Crippen LogP contribution is 2.19. The summed E-state index contributed by atoms with van der Waals surface area (Å²) in [5.74, 6) is 0. The fourth-order valence-corrected chi connectivity index (χ4v) is 3.30. The molecular weight excluding hydrogens is 380 g/mol. The SMILES string of the molecule is CNc1ccccc1NCCOCCOCCOS(=O)(=O)c1ccc(C)cc1. The first kappa shape index (κ1) is 22.2. The Hall–Kier alpha value is -2.13. The summed E-state index contributed by atoms with van der Waals surface area (Å²) in [6.45, 7) is 4.07. The summed E-state index contributed by atoms with van der Waals surface area (Å²) in [6, 6.07) is 14.5. The van der Waals surface area contributed by atoms with Crippen LogP contribution in [0.3, 0.4) is 0 Å². The van der Waals surface area contributed by atoms with Crippen LogP contribution in [0.2, 0.25) is 0 Å². The summed E-state index contributed by atoms with van der Waals surface area (Å²) < 4.78 is 39.8. The zero-order chi connectivity index (χ0) is 20.2. The van der Waals surface area contributed by atoms with E-state index in [-0.39, 0.29) is 18.1 Å².